The predicted octanol–water partition coefficient (Wildman–Crippen LogP) is 0.318. The van der Waals surface area contributed by atoms with Crippen LogP contribution in [0.5, 0.6) is 0 Å². The number of thiocarbonyl (C=S) groups is 1. The van der Waals surface area contributed by atoms with Gasteiger partial charge in [-0.1, -0.05) is 13.8 Å². The Kier molecular flexibility index (Phi) is 5.18. The summed E-state index contributed by atoms with van der Waals surface area (Å²) in [4.78, 5) is 1.90. The van der Waals surface area contributed by atoms with Gasteiger partial charge in [-0.05, 0) is 30.6 Å². The van der Waals surface area contributed by atoms with Gasteiger partial charge in [-0.2, -0.15) is 0 Å². The molecule has 1 unspecified atom stereocenters. The highest BCUT2D eigenvalue weighted by Gasteiger charge is 2.34. The van der Waals surface area contributed by atoms with Crippen molar-refractivity contribution in [3.8, 4) is 0 Å². The van der Waals surface area contributed by atoms with Crippen molar-refractivity contribution in [3.63, 3.8) is 0 Å². The maximum absolute atomic E-state index is 11.7. The Morgan fingerprint density at radius 3 is 2.50 bits per heavy atom. The maximum atomic E-state index is 11.7. The van der Waals surface area contributed by atoms with Crippen LogP contribution >= 0.6 is 12.2 Å². The minimum atomic E-state index is -3.06. The maximum Gasteiger partial charge on any atom is 0.173 e. The zero-order chi connectivity index (χ0) is 16.5. The minimum Gasteiger partial charge on any atom is -0.345 e. The van der Waals surface area contributed by atoms with Crippen molar-refractivity contribution in [1.29, 1.82) is 0 Å². The highest BCUT2D eigenvalue weighted by Crippen LogP contribution is 2.20. The zero-order valence-electron chi connectivity index (χ0n) is 12.8. The van der Waals surface area contributed by atoms with Crippen LogP contribution < -0.4 is 5.32 Å². The molecule has 1 atom stereocenters. The fourth-order valence-corrected chi connectivity index (χ4v) is 6.01. The van der Waals surface area contributed by atoms with Gasteiger partial charge in [-0.15, -0.1) is 0 Å². The average Bonchev–Trinajstić information content (AvgIpc) is 2.88. The SMILES string of the molecule is CC(C)CN(C(=S)NC1=CCS(=O)(=O)C1)C1CCS(=O)(=O)C1. The van der Waals surface area contributed by atoms with E-state index in [4.69, 9.17) is 12.2 Å². The van der Waals surface area contributed by atoms with Crippen LogP contribution in [0.25, 0.3) is 0 Å². The van der Waals surface area contributed by atoms with E-state index in [2.05, 4.69) is 5.32 Å². The van der Waals surface area contributed by atoms with Gasteiger partial charge in [0.25, 0.3) is 0 Å². The van der Waals surface area contributed by atoms with Gasteiger partial charge in [0.1, 0.15) is 0 Å². The molecular formula is C13H22N2O4S3. The summed E-state index contributed by atoms with van der Waals surface area (Å²) >= 11 is 5.40. The molecule has 1 N–H and O–H groups in total. The second-order valence-electron chi connectivity index (χ2n) is 6.32. The summed E-state index contributed by atoms with van der Waals surface area (Å²) in [6.45, 7) is 4.72. The Morgan fingerprint density at radius 2 is 2.05 bits per heavy atom. The van der Waals surface area contributed by atoms with E-state index in [1.165, 1.54) is 0 Å². The summed E-state index contributed by atoms with van der Waals surface area (Å²) in [5.74, 6) is 0.612. The second kappa shape index (κ2) is 6.45. The normalized spacial score (nSPS) is 26.0. The molecule has 0 radical (unpaired) electrons. The average molecular weight is 367 g/mol. The number of hydrogen-bond acceptors (Lipinski definition) is 5. The molecule has 0 amide bonds. The third-order valence-electron chi connectivity index (χ3n) is 3.70. The number of sulfone groups is 2. The molecule has 0 saturated carbocycles. The second-order valence-corrected chi connectivity index (χ2v) is 11.0. The standard InChI is InChI=1S/C13H22N2O4S3/c1-10(2)7-15(12-4-6-22(18,19)9-12)13(20)14-11-3-5-21(16,17)8-11/h3,10,12H,4-9H2,1-2H3,(H,14,20). The fraction of sp³-hybridized carbons (Fsp3) is 0.769. The van der Waals surface area contributed by atoms with Gasteiger partial charge in [-0.3, -0.25) is 0 Å². The van der Waals surface area contributed by atoms with E-state index in [0.29, 0.717) is 29.7 Å². The molecule has 0 aromatic heterocycles. The Balaban J connectivity index is 2.07. The lowest BCUT2D eigenvalue weighted by molar-refractivity contribution is 0.297. The molecule has 1 fully saturated rings. The van der Waals surface area contributed by atoms with Gasteiger partial charge in [0.2, 0.25) is 0 Å². The number of nitrogens with zero attached hydrogens (tertiary/aromatic N) is 1. The first-order chi connectivity index (χ1) is 10.1. The number of hydrogen-bond donors (Lipinski definition) is 1. The van der Waals surface area contributed by atoms with Crippen molar-refractivity contribution in [2.24, 2.45) is 5.92 Å². The van der Waals surface area contributed by atoms with Crippen LogP contribution in [0.4, 0.5) is 0 Å². The van der Waals surface area contributed by atoms with Gasteiger partial charge in [0, 0.05) is 18.3 Å². The Hall–Kier alpha value is -0.670. The molecule has 0 aliphatic carbocycles. The van der Waals surface area contributed by atoms with Crippen LogP contribution in [0.2, 0.25) is 0 Å². The molecule has 2 aliphatic rings. The molecule has 2 heterocycles. The lowest BCUT2D eigenvalue weighted by Gasteiger charge is -2.32. The van der Waals surface area contributed by atoms with E-state index in [1.54, 1.807) is 6.08 Å². The van der Waals surface area contributed by atoms with Gasteiger partial charge in [-0.25, -0.2) is 16.8 Å². The molecule has 6 nitrogen and oxygen atoms in total. The van der Waals surface area contributed by atoms with Crippen LogP contribution in [0.15, 0.2) is 11.8 Å². The number of rotatable bonds is 4. The van der Waals surface area contributed by atoms with E-state index in [-0.39, 0.29) is 29.1 Å². The zero-order valence-corrected chi connectivity index (χ0v) is 15.2. The smallest absolute Gasteiger partial charge is 0.173 e. The molecule has 126 valence electrons. The highest BCUT2D eigenvalue weighted by atomic mass is 32.2. The summed E-state index contributed by atoms with van der Waals surface area (Å²) < 4.78 is 46.4. The van der Waals surface area contributed by atoms with Gasteiger partial charge in [0.15, 0.2) is 24.8 Å². The molecule has 9 heteroatoms. The molecule has 22 heavy (non-hydrogen) atoms. The Labute approximate surface area is 137 Å². The van der Waals surface area contributed by atoms with Gasteiger partial charge < -0.3 is 10.2 Å². The third-order valence-corrected chi connectivity index (χ3v) is 7.21. The van der Waals surface area contributed by atoms with Crippen LogP contribution in [-0.2, 0) is 19.7 Å². The van der Waals surface area contributed by atoms with E-state index in [1.807, 2.05) is 18.7 Å². The van der Waals surface area contributed by atoms with Crippen molar-refractivity contribution in [2.75, 3.05) is 29.6 Å². The lowest BCUT2D eigenvalue weighted by atomic mass is 10.1. The Bertz CT molecular complexity index is 680. The molecule has 0 aromatic rings. The molecular weight excluding hydrogens is 344 g/mol. The molecule has 0 aromatic carbocycles. The van der Waals surface area contributed by atoms with Crippen molar-refractivity contribution >= 4 is 37.0 Å². The predicted molar refractivity (Wildman–Crippen MR) is 91.1 cm³/mol. The van der Waals surface area contributed by atoms with Crippen molar-refractivity contribution < 1.29 is 16.8 Å². The first-order valence-electron chi connectivity index (χ1n) is 7.25. The van der Waals surface area contributed by atoms with E-state index in [0.717, 1.165) is 0 Å². The van der Waals surface area contributed by atoms with Crippen LogP contribution in [0.1, 0.15) is 20.3 Å². The monoisotopic (exact) mass is 366 g/mol. The summed E-state index contributed by atoms with van der Waals surface area (Å²) in [5.41, 5.74) is 0.583. The van der Waals surface area contributed by atoms with E-state index >= 15 is 0 Å². The van der Waals surface area contributed by atoms with Gasteiger partial charge >= 0.3 is 0 Å². The van der Waals surface area contributed by atoms with Crippen LogP contribution in [-0.4, -0.2) is 62.4 Å². The first kappa shape index (κ1) is 17.7. The third kappa shape index (κ3) is 4.66. The van der Waals surface area contributed by atoms with Crippen molar-refractivity contribution in [3.05, 3.63) is 11.8 Å². The summed E-state index contributed by atoms with van der Waals surface area (Å²) in [7, 11) is -6.05. The fourth-order valence-electron chi connectivity index (χ4n) is 2.69. The van der Waals surface area contributed by atoms with Crippen molar-refractivity contribution in [2.45, 2.75) is 26.3 Å². The van der Waals surface area contributed by atoms with Crippen LogP contribution in [0, 0.1) is 5.92 Å². The quantitative estimate of drug-likeness (QED) is 0.717. The summed E-state index contributed by atoms with van der Waals surface area (Å²) in [5, 5.41) is 3.40. The summed E-state index contributed by atoms with van der Waals surface area (Å²) in [6, 6.07) is -0.133. The molecule has 1 saturated heterocycles. The first-order valence-corrected chi connectivity index (χ1v) is 11.3. The highest BCUT2D eigenvalue weighted by molar-refractivity contribution is 7.92. The van der Waals surface area contributed by atoms with Crippen molar-refractivity contribution in [1.82, 2.24) is 10.2 Å². The van der Waals surface area contributed by atoms with E-state index < -0.39 is 19.7 Å². The summed E-state index contributed by atoms with van der Waals surface area (Å²) in [6.07, 6.45) is 2.19. The van der Waals surface area contributed by atoms with Crippen LogP contribution in [0.3, 0.4) is 0 Å². The lowest BCUT2D eigenvalue weighted by Crippen LogP contribution is -2.48. The molecule has 2 aliphatic heterocycles. The van der Waals surface area contributed by atoms with Gasteiger partial charge in [0.05, 0.1) is 23.0 Å². The minimum absolute atomic E-state index is 0.0277. The Morgan fingerprint density at radius 1 is 1.36 bits per heavy atom. The topological polar surface area (TPSA) is 83.6 Å². The molecule has 0 spiro atoms. The number of nitrogens with one attached hydrogen (secondary N) is 1. The molecule has 2 rings (SSSR count). The van der Waals surface area contributed by atoms with E-state index in [9.17, 15) is 16.8 Å². The molecule has 0 bridgehead atoms. The largest absolute Gasteiger partial charge is 0.345 e.